The average molecular weight is 749 g/mol. The van der Waals surface area contributed by atoms with Crippen molar-refractivity contribution in [3.63, 3.8) is 0 Å². The van der Waals surface area contributed by atoms with E-state index in [2.05, 4.69) is 220 Å². The normalized spacial score (nSPS) is 13.1. The molecule has 0 radical (unpaired) electrons. The maximum Gasteiger partial charge on any atom is 0.0165 e. The molecular weight excluding hydrogens is 709 g/mol. The highest BCUT2D eigenvalue weighted by Gasteiger charge is 2.39. The highest BCUT2D eigenvalue weighted by molar-refractivity contribution is 6.22. The van der Waals surface area contributed by atoms with Crippen LogP contribution < -0.4 is 0 Å². The summed E-state index contributed by atoms with van der Waals surface area (Å²) in [4.78, 5) is 0. The van der Waals surface area contributed by atoms with Crippen LogP contribution in [0.25, 0.3) is 109 Å². The highest BCUT2D eigenvalue weighted by Crippen LogP contribution is 2.57. The van der Waals surface area contributed by atoms with E-state index in [0.29, 0.717) is 0 Å². The second-order valence-corrected chi connectivity index (χ2v) is 16.7. The van der Waals surface area contributed by atoms with Crippen molar-refractivity contribution >= 4 is 53.9 Å². The van der Waals surface area contributed by atoms with E-state index >= 15 is 0 Å². The Hall–Kier alpha value is -7.28. The van der Waals surface area contributed by atoms with Gasteiger partial charge in [-0.1, -0.05) is 214 Å². The molecular formula is C59H40. The van der Waals surface area contributed by atoms with Gasteiger partial charge in [-0.15, -0.1) is 0 Å². The van der Waals surface area contributed by atoms with Crippen molar-refractivity contribution in [3.8, 4) is 55.6 Å². The largest absolute Gasteiger partial charge is 0.0616 e. The van der Waals surface area contributed by atoms with Gasteiger partial charge in [0.15, 0.2) is 0 Å². The molecule has 12 rings (SSSR count). The SMILES string of the molecule is CC1(C)c2cccc(-c3ccc(-c4c5ccccc5c(-c5cccc(-c6cccc7ccccc67)c5)c5ccccc45)cc3)c2-c2c1c1ccccc1c1ccccc21. The van der Waals surface area contributed by atoms with Crippen molar-refractivity contribution in [2.24, 2.45) is 0 Å². The summed E-state index contributed by atoms with van der Waals surface area (Å²) < 4.78 is 0. The summed E-state index contributed by atoms with van der Waals surface area (Å²) in [5.41, 5.74) is 15.5. The molecule has 0 spiro atoms. The van der Waals surface area contributed by atoms with Crippen LogP contribution in [0.2, 0.25) is 0 Å². The average Bonchev–Trinajstić information content (AvgIpc) is 3.55. The monoisotopic (exact) mass is 748 g/mol. The van der Waals surface area contributed by atoms with Crippen molar-refractivity contribution < 1.29 is 0 Å². The fraction of sp³-hybridized carbons (Fsp3) is 0.0508. The summed E-state index contributed by atoms with van der Waals surface area (Å²) in [5.74, 6) is 0. The first-order chi connectivity index (χ1) is 29.1. The summed E-state index contributed by atoms with van der Waals surface area (Å²) in [6.07, 6.45) is 0. The van der Waals surface area contributed by atoms with Crippen LogP contribution in [0, 0.1) is 0 Å². The third kappa shape index (κ3) is 4.96. The van der Waals surface area contributed by atoms with Gasteiger partial charge in [-0.25, -0.2) is 0 Å². The summed E-state index contributed by atoms with van der Waals surface area (Å²) in [5, 5.41) is 12.9. The molecule has 0 unspecified atom stereocenters. The lowest BCUT2D eigenvalue weighted by atomic mass is 9.79. The molecule has 59 heavy (non-hydrogen) atoms. The van der Waals surface area contributed by atoms with E-state index in [1.807, 2.05) is 0 Å². The highest BCUT2D eigenvalue weighted by atomic mass is 14.4. The van der Waals surface area contributed by atoms with Gasteiger partial charge in [0.05, 0.1) is 0 Å². The third-order valence-electron chi connectivity index (χ3n) is 13.2. The zero-order valence-corrected chi connectivity index (χ0v) is 33.1. The van der Waals surface area contributed by atoms with Gasteiger partial charge >= 0.3 is 0 Å². The zero-order chi connectivity index (χ0) is 39.2. The van der Waals surface area contributed by atoms with Gasteiger partial charge in [0.2, 0.25) is 0 Å². The fourth-order valence-electron chi connectivity index (χ4n) is 10.7. The van der Waals surface area contributed by atoms with E-state index in [9.17, 15) is 0 Å². The van der Waals surface area contributed by atoms with Crippen LogP contribution >= 0.6 is 0 Å². The van der Waals surface area contributed by atoms with Crippen molar-refractivity contribution in [1.82, 2.24) is 0 Å². The van der Waals surface area contributed by atoms with Gasteiger partial charge in [0, 0.05) is 5.41 Å². The van der Waals surface area contributed by atoms with E-state index in [4.69, 9.17) is 0 Å². The Labute approximate surface area is 344 Å². The predicted octanol–water partition coefficient (Wildman–Crippen LogP) is 16.4. The number of rotatable bonds is 4. The van der Waals surface area contributed by atoms with Gasteiger partial charge in [-0.2, -0.15) is 0 Å². The number of fused-ring (bicyclic) bond motifs is 11. The maximum absolute atomic E-state index is 2.41. The van der Waals surface area contributed by atoms with Crippen LogP contribution in [0.15, 0.2) is 206 Å². The summed E-state index contributed by atoms with van der Waals surface area (Å²) >= 11 is 0. The van der Waals surface area contributed by atoms with E-state index in [1.54, 1.807) is 0 Å². The zero-order valence-electron chi connectivity index (χ0n) is 33.1. The van der Waals surface area contributed by atoms with Gasteiger partial charge < -0.3 is 0 Å². The van der Waals surface area contributed by atoms with Crippen LogP contribution in [-0.4, -0.2) is 0 Å². The first-order valence-electron chi connectivity index (χ1n) is 20.8. The molecule has 276 valence electrons. The molecule has 0 bridgehead atoms. The van der Waals surface area contributed by atoms with Crippen molar-refractivity contribution in [2.75, 3.05) is 0 Å². The van der Waals surface area contributed by atoms with E-state index in [1.165, 1.54) is 121 Å². The van der Waals surface area contributed by atoms with Crippen LogP contribution in [0.1, 0.15) is 25.0 Å². The van der Waals surface area contributed by atoms with Gasteiger partial charge in [0.1, 0.15) is 0 Å². The smallest absolute Gasteiger partial charge is 0.0165 e. The second kappa shape index (κ2) is 12.9. The van der Waals surface area contributed by atoms with Crippen LogP contribution in [-0.2, 0) is 5.41 Å². The molecule has 11 aromatic carbocycles. The Morgan fingerprint density at radius 2 is 0.712 bits per heavy atom. The molecule has 0 saturated heterocycles. The van der Waals surface area contributed by atoms with Crippen molar-refractivity contribution in [2.45, 2.75) is 19.3 Å². The third-order valence-corrected chi connectivity index (χ3v) is 13.2. The van der Waals surface area contributed by atoms with Gasteiger partial charge in [-0.3, -0.25) is 0 Å². The van der Waals surface area contributed by atoms with Crippen LogP contribution in [0.5, 0.6) is 0 Å². The van der Waals surface area contributed by atoms with E-state index in [0.717, 1.165) is 0 Å². The first kappa shape index (κ1) is 33.8. The summed E-state index contributed by atoms with van der Waals surface area (Å²) in [6.45, 7) is 4.82. The lowest BCUT2D eigenvalue weighted by molar-refractivity contribution is 0.666. The number of benzene rings is 11. The minimum Gasteiger partial charge on any atom is -0.0616 e. The Balaban J connectivity index is 1.03. The molecule has 1 aliphatic rings. The molecule has 0 saturated carbocycles. The van der Waals surface area contributed by atoms with E-state index < -0.39 is 0 Å². The number of hydrogen-bond donors (Lipinski definition) is 0. The van der Waals surface area contributed by atoms with Crippen LogP contribution in [0.3, 0.4) is 0 Å². The van der Waals surface area contributed by atoms with Crippen molar-refractivity contribution in [1.29, 1.82) is 0 Å². The molecule has 11 aromatic rings. The lowest BCUT2D eigenvalue weighted by Crippen LogP contribution is -2.15. The Kier molecular flexibility index (Phi) is 7.38. The molecule has 0 atom stereocenters. The molecule has 0 nitrogen and oxygen atoms in total. The maximum atomic E-state index is 2.41. The molecule has 0 fully saturated rings. The molecule has 0 aromatic heterocycles. The molecule has 0 heterocycles. The second-order valence-electron chi connectivity index (χ2n) is 16.7. The lowest BCUT2D eigenvalue weighted by Gasteiger charge is -2.24. The molecule has 1 aliphatic carbocycles. The van der Waals surface area contributed by atoms with E-state index in [-0.39, 0.29) is 5.41 Å². The molecule has 0 aliphatic heterocycles. The molecule has 0 N–H and O–H groups in total. The Bertz CT molecular complexity index is 3450. The van der Waals surface area contributed by atoms with Gasteiger partial charge in [-0.05, 0) is 127 Å². The minimum atomic E-state index is -0.141. The molecule has 0 heteroatoms. The Morgan fingerprint density at radius 3 is 1.37 bits per heavy atom. The number of hydrogen-bond acceptors (Lipinski definition) is 0. The topological polar surface area (TPSA) is 0 Å². The quantitative estimate of drug-likeness (QED) is 0.124. The predicted molar refractivity (Wildman–Crippen MR) is 253 cm³/mol. The standard InChI is InChI=1S/C59H40/c1-59(2)53-31-15-30-44(56(53)57-47-23-7-5-21-45(47)46-22-6-12-28-52(46)58(57)59)38-32-34-39(35-33-38)54-48-24-8-10-26-50(48)55(51-27-11-9-25-49(51)54)41-19-13-18-40(36-41)43-29-14-17-37-16-3-4-20-42(37)43/h3-36H,1-2H3. The van der Waals surface area contributed by atoms with Gasteiger partial charge in [0.25, 0.3) is 0 Å². The van der Waals surface area contributed by atoms with Crippen molar-refractivity contribution in [3.05, 3.63) is 217 Å². The fourth-order valence-corrected chi connectivity index (χ4v) is 10.7. The first-order valence-corrected chi connectivity index (χ1v) is 20.8. The summed E-state index contributed by atoms with van der Waals surface area (Å²) in [7, 11) is 0. The minimum absolute atomic E-state index is 0.141. The molecule has 0 amide bonds. The Morgan fingerprint density at radius 1 is 0.271 bits per heavy atom. The summed E-state index contributed by atoms with van der Waals surface area (Å²) in [6, 6.07) is 76.7. The van der Waals surface area contributed by atoms with Crippen LogP contribution in [0.4, 0.5) is 0 Å².